The van der Waals surface area contributed by atoms with E-state index in [1.165, 1.54) is 17.2 Å². The molecule has 1 aromatic heterocycles. The van der Waals surface area contributed by atoms with Crippen LogP contribution in [0.4, 0.5) is 10.2 Å². The van der Waals surface area contributed by atoms with Crippen molar-refractivity contribution in [2.24, 2.45) is 0 Å². The minimum atomic E-state index is -0.615. The van der Waals surface area contributed by atoms with Crippen LogP contribution in [0.3, 0.4) is 0 Å². The molecule has 1 N–H and O–H groups in total. The van der Waals surface area contributed by atoms with Crippen LogP contribution >= 0.6 is 0 Å². The summed E-state index contributed by atoms with van der Waals surface area (Å²) in [7, 11) is 1.62. The van der Waals surface area contributed by atoms with Crippen molar-refractivity contribution < 1.29 is 13.9 Å². The Balaban J connectivity index is 2.73. The zero-order chi connectivity index (χ0) is 15.1. The molecule has 0 aliphatic rings. The van der Waals surface area contributed by atoms with Crippen molar-refractivity contribution in [3.63, 3.8) is 0 Å². The Kier molecular flexibility index (Phi) is 6.38. The van der Waals surface area contributed by atoms with Gasteiger partial charge in [-0.25, -0.2) is 9.37 Å². The van der Waals surface area contributed by atoms with Gasteiger partial charge >= 0.3 is 0 Å². The Hall–Kier alpha value is -1.69. The second-order valence-electron chi connectivity index (χ2n) is 4.70. The summed E-state index contributed by atoms with van der Waals surface area (Å²) in [6, 6.07) is 1.39. The second-order valence-corrected chi connectivity index (χ2v) is 4.70. The third-order valence-electron chi connectivity index (χ3n) is 2.69. The molecule has 0 saturated heterocycles. The molecule has 0 aromatic carbocycles. The van der Waals surface area contributed by atoms with Gasteiger partial charge in [-0.05, 0) is 26.8 Å². The van der Waals surface area contributed by atoms with Crippen LogP contribution in [0.5, 0.6) is 0 Å². The number of anilines is 1. The lowest BCUT2D eigenvalue weighted by molar-refractivity contribution is 0.0529. The summed E-state index contributed by atoms with van der Waals surface area (Å²) in [5, 5.41) is 2.79. The normalized spacial score (nSPS) is 10.7. The van der Waals surface area contributed by atoms with Crippen molar-refractivity contribution in [2.75, 3.05) is 32.1 Å². The summed E-state index contributed by atoms with van der Waals surface area (Å²) in [6.07, 6.45) is 1.53. The lowest BCUT2D eigenvalue weighted by atomic mass is 10.2. The predicted molar refractivity (Wildman–Crippen MR) is 76.4 cm³/mol. The summed E-state index contributed by atoms with van der Waals surface area (Å²) >= 11 is 0. The molecule has 1 heterocycles. The Labute approximate surface area is 119 Å². The zero-order valence-electron chi connectivity index (χ0n) is 12.4. The smallest absolute Gasteiger partial charge is 0.256 e. The number of hydrogen-bond acceptors (Lipinski definition) is 4. The van der Waals surface area contributed by atoms with Crippen LogP contribution in [0.15, 0.2) is 12.3 Å². The number of nitrogens with one attached hydrogen (secondary N) is 1. The number of rotatable bonds is 7. The van der Waals surface area contributed by atoms with Crippen LogP contribution in [0.25, 0.3) is 0 Å². The number of halogens is 1. The topological polar surface area (TPSA) is 54.5 Å². The highest BCUT2D eigenvalue weighted by atomic mass is 19.1. The van der Waals surface area contributed by atoms with E-state index in [9.17, 15) is 9.18 Å². The maximum atomic E-state index is 14.1. The van der Waals surface area contributed by atoms with Crippen molar-refractivity contribution in [2.45, 2.75) is 26.9 Å². The number of aromatic nitrogens is 1. The molecule has 1 rings (SSSR count). The fraction of sp³-hybridized carbons (Fsp3) is 0.571. The summed E-state index contributed by atoms with van der Waals surface area (Å²) in [4.78, 5) is 17.5. The van der Waals surface area contributed by atoms with Crippen LogP contribution in [-0.2, 0) is 4.74 Å². The van der Waals surface area contributed by atoms with Crippen LogP contribution < -0.4 is 5.32 Å². The van der Waals surface area contributed by atoms with E-state index in [4.69, 9.17) is 4.74 Å². The van der Waals surface area contributed by atoms with Crippen molar-refractivity contribution in [3.8, 4) is 0 Å². The van der Waals surface area contributed by atoms with E-state index < -0.39 is 5.82 Å². The maximum absolute atomic E-state index is 14.1. The first-order chi connectivity index (χ1) is 9.47. The molecular weight excluding hydrogens is 261 g/mol. The first-order valence-electron chi connectivity index (χ1n) is 6.72. The Bertz CT molecular complexity index is 452. The zero-order valence-corrected chi connectivity index (χ0v) is 12.4. The molecule has 0 unspecified atom stereocenters. The first-order valence-corrected chi connectivity index (χ1v) is 6.72. The summed E-state index contributed by atoms with van der Waals surface area (Å²) in [6.45, 7) is 7.06. The van der Waals surface area contributed by atoms with Crippen molar-refractivity contribution in [3.05, 3.63) is 23.6 Å². The minimum absolute atomic E-state index is 0.0167. The molecule has 20 heavy (non-hydrogen) atoms. The third-order valence-corrected chi connectivity index (χ3v) is 2.69. The number of carbonyl (C=O) groups is 1. The number of nitrogens with zero attached hydrogens (tertiary/aromatic N) is 2. The van der Waals surface area contributed by atoms with Gasteiger partial charge < -0.3 is 15.0 Å². The Morgan fingerprint density at radius 2 is 2.25 bits per heavy atom. The average Bonchev–Trinajstić information content (AvgIpc) is 2.40. The van der Waals surface area contributed by atoms with E-state index in [0.29, 0.717) is 19.7 Å². The van der Waals surface area contributed by atoms with Crippen LogP contribution in [-0.4, -0.2) is 48.6 Å². The van der Waals surface area contributed by atoms with Gasteiger partial charge in [0.05, 0.1) is 18.3 Å². The minimum Gasteiger partial charge on any atom is -0.377 e. The highest BCUT2D eigenvalue weighted by Gasteiger charge is 2.19. The lowest BCUT2D eigenvalue weighted by Crippen LogP contribution is -2.31. The van der Waals surface area contributed by atoms with Gasteiger partial charge in [-0.1, -0.05) is 0 Å². The van der Waals surface area contributed by atoms with E-state index >= 15 is 0 Å². The molecule has 1 amide bonds. The Morgan fingerprint density at radius 1 is 1.55 bits per heavy atom. The van der Waals surface area contributed by atoms with Gasteiger partial charge in [-0.2, -0.15) is 0 Å². The Morgan fingerprint density at radius 3 is 2.85 bits per heavy atom. The van der Waals surface area contributed by atoms with Crippen molar-refractivity contribution in [1.82, 2.24) is 9.88 Å². The highest BCUT2D eigenvalue weighted by Crippen LogP contribution is 2.16. The van der Waals surface area contributed by atoms with Crippen molar-refractivity contribution >= 4 is 11.7 Å². The number of amides is 1. The van der Waals surface area contributed by atoms with E-state index in [0.717, 1.165) is 0 Å². The van der Waals surface area contributed by atoms with Gasteiger partial charge in [-0.15, -0.1) is 0 Å². The molecule has 0 aliphatic heterocycles. The van der Waals surface area contributed by atoms with Crippen LogP contribution in [0.2, 0.25) is 0 Å². The van der Waals surface area contributed by atoms with Gasteiger partial charge in [0, 0.05) is 26.3 Å². The molecule has 0 aliphatic carbocycles. The maximum Gasteiger partial charge on any atom is 0.256 e. The molecule has 0 atom stereocenters. The fourth-order valence-electron chi connectivity index (χ4n) is 1.63. The van der Waals surface area contributed by atoms with Gasteiger partial charge in [0.25, 0.3) is 5.91 Å². The summed E-state index contributed by atoms with van der Waals surface area (Å²) < 4.78 is 19.5. The van der Waals surface area contributed by atoms with E-state index in [-0.39, 0.29) is 23.4 Å². The number of likely N-dealkylation sites (N-methyl/N-ethyl adjacent to an activating group) is 1. The van der Waals surface area contributed by atoms with Gasteiger partial charge in [0.2, 0.25) is 0 Å². The number of ether oxygens (including phenoxy) is 1. The monoisotopic (exact) mass is 283 g/mol. The fourth-order valence-corrected chi connectivity index (χ4v) is 1.63. The van der Waals surface area contributed by atoms with Gasteiger partial charge in [-0.3, -0.25) is 4.79 Å². The predicted octanol–water partition coefficient (Wildman–Crippen LogP) is 2.15. The molecule has 0 radical (unpaired) electrons. The number of carbonyl (C=O) groups excluding carboxylic acids is 1. The van der Waals surface area contributed by atoms with E-state index in [2.05, 4.69) is 10.3 Å². The lowest BCUT2D eigenvalue weighted by Gasteiger charge is -2.19. The number of hydrogen-bond donors (Lipinski definition) is 1. The molecule has 6 heteroatoms. The van der Waals surface area contributed by atoms with Crippen LogP contribution in [0, 0.1) is 5.82 Å². The molecule has 0 spiro atoms. The molecule has 0 bridgehead atoms. The third kappa shape index (κ3) is 4.45. The molecule has 0 saturated carbocycles. The molecule has 112 valence electrons. The van der Waals surface area contributed by atoms with Gasteiger partial charge in [0.15, 0.2) is 11.6 Å². The molecular formula is C14H22FN3O2. The molecule has 5 nitrogen and oxygen atoms in total. The highest BCUT2D eigenvalue weighted by molar-refractivity contribution is 5.95. The van der Waals surface area contributed by atoms with E-state index in [1.807, 2.05) is 20.8 Å². The van der Waals surface area contributed by atoms with Gasteiger partial charge in [0.1, 0.15) is 0 Å². The van der Waals surface area contributed by atoms with Crippen molar-refractivity contribution in [1.29, 1.82) is 0 Å². The van der Waals surface area contributed by atoms with Crippen LogP contribution in [0.1, 0.15) is 31.1 Å². The second kappa shape index (κ2) is 7.79. The SMILES string of the molecule is CCNc1nccc(C(=O)N(C)CCOC(C)C)c1F. The first kappa shape index (κ1) is 16.4. The average molecular weight is 283 g/mol. The van der Waals surface area contributed by atoms with E-state index in [1.54, 1.807) is 7.05 Å². The summed E-state index contributed by atoms with van der Waals surface area (Å²) in [5.74, 6) is -0.891. The summed E-state index contributed by atoms with van der Waals surface area (Å²) in [5.41, 5.74) is 0.0167. The molecule has 1 aromatic rings. The molecule has 0 fully saturated rings. The number of pyridine rings is 1. The quantitative estimate of drug-likeness (QED) is 0.833. The largest absolute Gasteiger partial charge is 0.377 e. The standard InChI is InChI=1S/C14H22FN3O2/c1-5-16-13-12(15)11(6-7-17-13)14(19)18(4)8-9-20-10(2)3/h6-7,10H,5,8-9H2,1-4H3,(H,16,17).